The van der Waals surface area contributed by atoms with Crippen molar-refractivity contribution in [2.24, 2.45) is 12.0 Å². The lowest BCUT2D eigenvalue weighted by Crippen LogP contribution is -2.52. The molecule has 140 valence electrons. The summed E-state index contributed by atoms with van der Waals surface area (Å²) < 4.78 is 1.77. The van der Waals surface area contributed by atoms with E-state index < -0.39 is 0 Å². The van der Waals surface area contributed by atoms with Crippen molar-refractivity contribution in [3.05, 3.63) is 47.5 Å². The number of piperazine rings is 1. The normalized spacial score (nSPS) is 16.1. The Balaban J connectivity index is 1.56. The van der Waals surface area contributed by atoms with Crippen LogP contribution in [0.3, 0.4) is 0 Å². The van der Waals surface area contributed by atoms with Crippen molar-refractivity contribution in [1.82, 2.24) is 29.9 Å². The average molecular weight is 355 g/mol. The second-order valence-corrected chi connectivity index (χ2v) is 6.72. The van der Waals surface area contributed by atoms with E-state index in [1.165, 1.54) is 11.1 Å². The highest BCUT2D eigenvalue weighted by Crippen LogP contribution is 2.11. The van der Waals surface area contributed by atoms with Gasteiger partial charge >= 0.3 is 0 Å². The smallest absolute Gasteiger partial charge is 0.194 e. The number of aryl methyl sites for hydroxylation is 2. The molecule has 7 heteroatoms. The fourth-order valence-electron chi connectivity index (χ4n) is 3.22. The highest BCUT2D eigenvalue weighted by molar-refractivity contribution is 5.80. The van der Waals surface area contributed by atoms with Gasteiger partial charge in [-0.1, -0.05) is 29.8 Å². The van der Waals surface area contributed by atoms with Crippen molar-refractivity contribution in [3.8, 4) is 0 Å². The van der Waals surface area contributed by atoms with E-state index in [2.05, 4.69) is 63.3 Å². The van der Waals surface area contributed by atoms with Crippen molar-refractivity contribution >= 4 is 5.96 Å². The molecule has 26 heavy (non-hydrogen) atoms. The first-order valence-electron chi connectivity index (χ1n) is 9.29. The summed E-state index contributed by atoms with van der Waals surface area (Å²) in [7, 11) is 1.90. The molecule has 1 aliphatic rings. The predicted octanol–water partition coefficient (Wildman–Crippen LogP) is 1.41. The van der Waals surface area contributed by atoms with Gasteiger partial charge in [0, 0.05) is 46.3 Å². The summed E-state index contributed by atoms with van der Waals surface area (Å²) in [6.07, 6.45) is 1.57. The van der Waals surface area contributed by atoms with Gasteiger partial charge in [-0.3, -0.25) is 9.58 Å². The molecule has 0 radical (unpaired) electrons. The molecule has 0 bridgehead atoms. The molecule has 0 amide bonds. The Kier molecular flexibility index (Phi) is 6.22. The number of hydrogen-bond acceptors (Lipinski definition) is 4. The zero-order valence-corrected chi connectivity index (χ0v) is 16.0. The highest BCUT2D eigenvalue weighted by Gasteiger charge is 2.19. The molecule has 1 saturated heterocycles. The van der Waals surface area contributed by atoms with E-state index in [9.17, 15) is 0 Å². The zero-order chi connectivity index (χ0) is 18.4. The van der Waals surface area contributed by atoms with Gasteiger partial charge in [-0.2, -0.15) is 5.10 Å². The summed E-state index contributed by atoms with van der Waals surface area (Å²) in [4.78, 5) is 13.9. The van der Waals surface area contributed by atoms with Gasteiger partial charge in [0.25, 0.3) is 0 Å². The summed E-state index contributed by atoms with van der Waals surface area (Å²) >= 11 is 0. The first kappa shape index (κ1) is 18.4. The summed E-state index contributed by atoms with van der Waals surface area (Å²) in [5, 5.41) is 7.51. The maximum absolute atomic E-state index is 4.75. The van der Waals surface area contributed by atoms with Gasteiger partial charge in [0.1, 0.15) is 18.7 Å². The topological polar surface area (TPSA) is 61.6 Å². The molecule has 0 unspecified atom stereocenters. The lowest BCUT2D eigenvalue weighted by molar-refractivity contribution is 0.172. The first-order valence-corrected chi connectivity index (χ1v) is 9.29. The Morgan fingerprint density at radius 1 is 1.23 bits per heavy atom. The quantitative estimate of drug-likeness (QED) is 0.649. The van der Waals surface area contributed by atoms with Crippen LogP contribution < -0.4 is 5.32 Å². The number of guanidine groups is 1. The Bertz CT molecular complexity index is 729. The molecule has 0 atom stereocenters. The minimum Gasteiger partial charge on any atom is -0.357 e. The Morgan fingerprint density at radius 2 is 2.04 bits per heavy atom. The maximum Gasteiger partial charge on any atom is 0.194 e. The first-order chi connectivity index (χ1) is 12.7. The molecule has 1 fully saturated rings. The van der Waals surface area contributed by atoms with Gasteiger partial charge in [0.05, 0.1) is 0 Å². The molecule has 2 heterocycles. The summed E-state index contributed by atoms with van der Waals surface area (Å²) in [5.41, 5.74) is 2.72. The number of nitrogens with zero attached hydrogens (tertiary/aromatic N) is 6. The third-order valence-electron chi connectivity index (χ3n) is 4.67. The van der Waals surface area contributed by atoms with Crippen molar-refractivity contribution in [3.63, 3.8) is 0 Å². The number of aliphatic imine (C=N–C) groups is 1. The SMILES string of the molecule is CCNC(=NCc1ncnn1C)N1CCN(Cc2cccc(C)c2)CC1. The molecule has 1 aromatic heterocycles. The van der Waals surface area contributed by atoms with Crippen LogP contribution in [0.1, 0.15) is 23.9 Å². The van der Waals surface area contributed by atoms with E-state index in [1.54, 1.807) is 11.0 Å². The van der Waals surface area contributed by atoms with Crippen LogP contribution in [0, 0.1) is 6.92 Å². The fraction of sp³-hybridized carbons (Fsp3) is 0.526. The fourth-order valence-corrected chi connectivity index (χ4v) is 3.22. The molecule has 0 saturated carbocycles. The van der Waals surface area contributed by atoms with Gasteiger partial charge in [0.2, 0.25) is 0 Å². The van der Waals surface area contributed by atoms with E-state index in [0.717, 1.165) is 51.1 Å². The maximum atomic E-state index is 4.75. The van der Waals surface area contributed by atoms with Gasteiger partial charge in [-0.25, -0.2) is 9.98 Å². The molecule has 0 spiro atoms. The monoisotopic (exact) mass is 355 g/mol. The minimum atomic E-state index is 0.544. The Morgan fingerprint density at radius 3 is 2.69 bits per heavy atom. The van der Waals surface area contributed by atoms with Gasteiger partial charge < -0.3 is 10.2 Å². The lowest BCUT2D eigenvalue weighted by Gasteiger charge is -2.36. The molecular formula is C19H29N7. The molecule has 3 rings (SSSR count). The third kappa shape index (κ3) is 4.82. The number of nitrogens with one attached hydrogen (secondary N) is 1. The van der Waals surface area contributed by atoms with Crippen LogP contribution in [0.25, 0.3) is 0 Å². The second kappa shape index (κ2) is 8.80. The van der Waals surface area contributed by atoms with Crippen LogP contribution >= 0.6 is 0 Å². The number of hydrogen-bond donors (Lipinski definition) is 1. The van der Waals surface area contributed by atoms with Gasteiger partial charge in [0.15, 0.2) is 5.96 Å². The van der Waals surface area contributed by atoms with E-state index in [1.807, 2.05) is 7.05 Å². The van der Waals surface area contributed by atoms with Crippen molar-refractivity contribution in [2.75, 3.05) is 32.7 Å². The molecular weight excluding hydrogens is 326 g/mol. The highest BCUT2D eigenvalue weighted by atomic mass is 15.4. The minimum absolute atomic E-state index is 0.544. The largest absolute Gasteiger partial charge is 0.357 e. The van der Waals surface area contributed by atoms with Crippen LogP contribution in [0.15, 0.2) is 35.6 Å². The molecule has 2 aromatic rings. The molecule has 7 nitrogen and oxygen atoms in total. The van der Waals surface area contributed by atoms with Crippen molar-refractivity contribution in [2.45, 2.75) is 26.9 Å². The van der Waals surface area contributed by atoms with Gasteiger partial charge in [-0.15, -0.1) is 0 Å². The van der Waals surface area contributed by atoms with Crippen LogP contribution in [-0.4, -0.2) is 63.2 Å². The Hall–Kier alpha value is -2.41. The average Bonchev–Trinajstić information content (AvgIpc) is 3.04. The third-order valence-corrected chi connectivity index (χ3v) is 4.67. The summed E-state index contributed by atoms with van der Waals surface area (Å²) in [6.45, 7) is 10.7. The van der Waals surface area contributed by atoms with Crippen molar-refractivity contribution < 1.29 is 0 Å². The molecule has 1 aliphatic heterocycles. The second-order valence-electron chi connectivity index (χ2n) is 6.72. The number of rotatable bonds is 5. The van der Waals surface area contributed by atoms with Gasteiger partial charge in [-0.05, 0) is 19.4 Å². The van der Waals surface area contributed by atoms with E-state index in [4.69, 9.17) is 4.99 Å². The predicted molar refractivity (Wildman–Crippen MR) is 104 cm³/mol. The standard InChI is InChI=1S/C19H29N7/c1-4-20-19(21-13-18-22-15-23-24(18)3)26-10-8-25(9-11-26)14-17-7-5-6-16(2)12-17/h5-7,12,15H,4,8-11,13-14H2,1-3H3,(H,20,21). The van der Waals surface area contributed by atoms with Crippen LogP contribution in [0.4, 0.5) is 0 Å². The zero-order valence-electron chi connectivity index (χ0n) is 16.0. The molecule has 1 aromatic carbocycles. The van der Waals surface area contributed by atoms with Crippen LogP contribution in [0.2, 0.25) is 0 Å². The number of benzene rings is 1. The van der Waals surface area contributed by atoms with E-state index in [0.29, 0.717) is 6.54 Å². The lowest BCUT2D eigenvalue weighted by atomic mass is 10.1. The Labute approximate surface area is 155 Å². The van der Waals surface area contributed by atoms with Crippen molar-refractivity contribution in [1.29, 1.82) is 0 Å². The molecule has 0 aliphatic carbocycles. The molecule has 1 N–H and O–H groups in total. The van der Waals surface area contributed by atoms with Crippen LogP contribution in [0.5, 0.6) is 0 Å². The van der Waals surface area contributed by atoms with Crippen LogP contribution in [-0.2, 0) is 20.1 Å². The van der Waals surface area contributed by atoms with E-state index in [-0.39, 0.29) is 0 Å². The number of aromatic nitrogens is 3. The summed E-state index contributed by atoms with van der Waals surface area (Å²) in [5.74, 6) is 1.84. The van der Waals surface area contributed by atoms with E-state index >= 15 is 0 Å². The summed E-state index contributed by atoms with van der Waals surface area (Å²) in [6, 6.07) is 8.78.